The maximum atomic E-state index is 12.2. The first-order chi connectivity index (χ1) is 7.90. The summed E-state index contributed by atoms with van der Waals surface area (Å²) in [6.07, 6.45) is -3.92. The summed E-state index contributed by atoms with van der Waals surface area (Å²) in [5.41, 5.74) is -0.222. The second-order valence-corrected chi connectivity index (χ2v) is 3.53. The van der Waals surface area contributed by atoms with Gasteiger partial charge in [-0.05, 0) is 18.2 Å². The second kappa shape index (κ2) is 3.76. The summed E-state index contributed by atoms with van der Waals surface area (Å²) in [6, 6.07) is 3.99. The summed E-state index contributed by atoms with van der Waals surface area (Å²) >= 11 is 0. The minimum Gasteiger partial charge on any atom is -0.306 e. The fourth-order valence-corrected chi connectivity index (χ4v) is 1.59. The fourth-order valence-electron chi connectivity index (χ4n) is 1.59. The molecule has 0 fully saturated rings. The topological polar surface area (TPSA) is 54.9 Å². The number of aromatic amines is 1. The van der Waals surface area contributed by atoms with Gasteiger partial charge in [-0.1, -0.05) is 0 Å². The van der Waals surface area contributed by atoms with E-state index in [-0.39, 0.29) is 16.6 Å². The van der Waals surface area contributed by atoms with Gasteiger partial charge in [0.2, 0.25) is 0 Å². The van der Waals surface area contributed by atoms with Gasteiger partial charge in [0.1, 0.15) is 12.8 Å². The molecule has 0 radical (unpaired) electrons. The molecule has 1 heterocycles. The van der Waals surface area contributed by atoms with Crippen LogP contribution in [0.1, 0.15) is 10.4 Å². The van der Waals surface area contributed by atoms with Gasteiger partial charge in [0.25, 0.3) is 0 Å². The number of carbonyl (C=O) groups excluding carboxylic acids is 1. The van der Waals surface area contributed by atoms with Gasteiger partial charge in [0, 0.05) is 5.56 Å². The van der Waals surface area contributed by atoms with E-state index in [4.69, 9.17) is 0 Å². The summed E-state index contributed by atoms with van der Waals surface area (Å²) in [6.45, 7) is -1.35. The van der Waals surface area contributed by atoms with Crippen LogP contribution in [0.5, 0.6) is 0 Å². The molecular weight excluding hydrogens is 237 g/mol. The molecule has 1 N–H and O–H groups in total. The molecule has 0 aliphatic rings. The number of rotatable bonds is 2. The molecular formula is C10H7F3N2O2. The van der Waals surface area contributed by atoms with Crippen LogP contribution in [0.15, 0.2) is 23.0 Å². The van der Waals surface area contributed by atoms with Gasteiger partial charge in [-0.3, -0.25) is 9.36 Å². The summed E-state index contributed by atoms with van der Waals surface area (Å²) in [4.78, 5) is 24.1. The summed E-state index contributed by atoms with van der Waals surface area (Å²) < 4.78 is 37.3. The monoisotopic (exact) mass is 244 g/mol. The number of benzene rings is 1. The van der Waals surface area contributed by atoms with Crippen molar-refractivity contribution in [3.8, 4) is 0 Å². The molecule has 7 heteroatoms. The molecule has 4 nitrogen and oxygen atoms in total. The van der Waals surface area contributed by atoms with Crippen molar-refractivity contribution in [1.29, 1.82) is 0 Å². The number of carbonyl (C=O) groups is 1. The van der Waals surface area contributed by atoms with Crippen molar-refractivity contribution in [3.05, 3.63) is 34.2 Å². The third-order valence-electron chi connectivity index (χ3n) is 2.27. The number of nitrogens with zero attached hydrogens (tertiary/aromatic N) is 1. The molecule has 0 aliphatic carbocycles. The molecule has 0 saturated carbocycles. The van der Waals surface area contributed by atoms with E-state index in [0.29, 0.717) is 10.9 Å². The Morgan fingerprint density at radius 2 is 2.06 bits per heavy atom. The number of hydrogen-bond donors (Lipinski definition) is 1. The quantitative estimate of drug-likeness (QED) is 0.817. The lowest BCUT2D eigenvalue weighted by molar-refractivity contribution is -0.140. The van der Waals surface area contributed by atoms with Crippen LogP contribution in [0.4, 0.5) is 13.2 Å². The van der Waals surface area contributed by atoms with E-state index in [1.807, 2.05) is 0 Å². The van der Waals surface area contributed by atoms with Gasteiger partial charge in [-0.2, -0.15) is 13.2 Å². The van der Waals surface area contributed by atoms with Crippen LogP contribution in [0.25, 0.3) is 11.0 Å². The van der Waals surface area contributed by atoms with Gasteiger partial charge in [0.15, 0.2) is 0 Å². The van der Waals surface area contributed by atoms with E-state index in [0.717, 1.165) is 0 Å². The summed E-state index contributed by atoms with van der Waals surface area (Å²) in [5.74, 6) is 0. The SMILES string of the molecule is O=Cc1ccc2c(c1)[nH]c(=O)n2CC(F)(F)F. The molecule has 1 aromatic carbocycles. The number of halogens is 3. The number of aldehydes is 1. The van der Waals surface area contributed by atoms with Gasteiger partial charge < -0.3 is 4.98 Å². The van der Waals surface area contributed by atoms with Crippen LogP contribution in [-0.2, 0) is 6.54 Å². The van der Waals surface area contributed by atoms with E-state index < -0.39 is 18.4 Å². The lowest BCUT2D eigenvalue weighted by Gasteiger charge is -2.07. The number of hydrogen-bond acceptors (Lipinski definition) is 2. The minimum atomic E-state index is -4.47. The van der Waals surface area contributed by atoms with E-state index in [9.17, 15) is 22.8 Å². The first-order valence-electron chi connectivity index (χ1n) is 4.65. The smallest absolute Gasteiger partial charge is 0.306 e. The lowest BCUT2D eigenvalue weighted by Crippen LogP contribution is -2.26. The first kappa shape index (κ1) is 11.4. The predicted molar refractivity (Wildman–Crippen MR) is 54.0 cm³/mol. The van der Waals surface area contributed by atoms with Gasteiger partial charge in [0.05, 0.1) is 11.0 Å². The maximum Gasteiger partial charge on any atom is 0.406 e. The number of nitrogens with one attached hydrogen (secondary N) is 1. The highest BCUT2D eigenvalue weighted by atomic mass is 19.4. The van der Waals surface area contributed by atoms with Crippen molar-refractivity contribution in [2.24, 2.45) is 0 Å². The largest absolute Gasteiger partial charge is 0.406 e. The zero-order chi connectivity index (χ0) is 12.6. The van der Waals surface area contributed by atoms with E-state index >= 15 is 0 Å². The molecule has 0 amide bonds. The van der Waals surface area contributed by atoms with Crippen molar-refractivity contribution in [2.75, 3.05) is 0 Å². The number of imidazole rings is 1. The third-order valence-corrected chi connectivity index (χ3v) is 2.27. The summed E-state index contributed by atoms with van der Waals surface area (Å²) in [5, 5.41) is 0. The lowest BCUT2D eigenvalue weighted by atomic mass is 10.2. The average Bonchev–Trinajstić information content (AvgIpc) is 2.52. The molecule has 0 atom stereocenters. The molecule has 0 bridgehead atoms. The Morgan fingerprint density at radius 1 is 1.35 bits per heavy atom. The second-order valence-electron chi connectivity index (χ2n) is 3.53. The molecule has 17 heavy (non-hydrogen) atoms. The van der Waals surface area contributed by atoms with Crippen molar-refractivity contribution in [1.82, 2.24) is 9.55 Å². The zero-order valence-electron chi connectivity index (χ0n) is 8.41. The highest BCUT2D eigenvalue weighted by Crippen LogP contribution is 2.20. The van der Waals surface area contributed by atoms with Crippen LogP contribution in [-0.4, -0.2) is 22.0 Å². The van der Waals surface area contributed by atoms with Gasteiger partial charge >= 0.3 is 11.9 Å². The molecule has 2 aromatic rings. The number of fused-ring (bicyclic) bond motifs is 1. The van der Waals surface area contributed by atoms with Crippen molar-refractivity contribution in [3.63, 3.8) is 0 Å². The highest BCUT2D eigenvalue weighted by Gasteiger charge is 2.29. The number of aromatic nitrogens is 2. The Labute approximate surface area is 92.7 Å². The van der Waals surface area contributed by atoms with Crippen LogP contribution >= 0.6 is 0 Å². The Bertz CT molecular complexity index is 624. The summed E-state index contributed by atoms with van der Waals surface area (Å²) in [7, 11) is 0. The molecule has 2 rings (SSSR count). The van der Waals surface area contributed by atoms with Gasteiger partial charge in [-0.25, -0.2) is 4.79 Å². The predicted octanol–water partition coefficient (Wildman–Crippen LogP) is 1.70. The Hall–Kier alpha value is -2.05. The molecule has 1 aromatic heterocycles. The van der Waals surface area contributed by atoms with Crippen molar-refractivity contribution in [2.45, 2.75) is 12.7 Å². The normalized spacial score (nSPS) is 11.9. The molecule has 90 valence electrons. The molecule has 0 aliphatic heterocycles. The first-order valence-corrected chi connectivity index (χ1v) is 4.65. The van der Waals surface area contributed by atoms with Crippen molar-refractivity contribution >= 4 is 17.3 Å². The Balaban J connectivity index is 2.60. The molecule has 0 spiro atoms. The van der Waals surface area contributed by atoms with Gasteiger partial charge in [-0.15, -0.1) is 0 Å². The average molecular weight is 244 g/mol. The van der Waals surface area contributed by atoms with Crippen LogP contribution in [0, 0.1) is 0 Å². The number of alkyl halides is 3. The fraction of sp³-hybridized carbons (Fsp3) is 0.200. The minimum absolute atomic E-state index is 0.123. The highest BCUT2D eigenvalue weighted by molar-refractivity contribution is 5.84. The molecule has 0 unspecified atom stereocenters. The van der Waals surface area contributed by atoms with E-state index in [2.05, 4.69) is 4.98 Å². The maximum absolute atomic E-state index is 12.2. The third kappa shape index (κ3) is 2.22. The van der Waals surface area contributed by atoms with Crippen LogP contribution < -0.4 is 5.69 Å². The van der Waals surface area contributed by atoms with Crippen molar-refractivity contribution < 1.29 is 18.0 Å². The van der Waals surface area contributed by atoms with Crippen LogP contribution in [0.3, 0.4) is 0 Å². The standard InChI is InChI=1S/C10H7F3N2O2/c11-10(12,13)5-15-8-2-1-6(4-16)3-7(8)14-9(15)17/h1-4H,5H2,(H,14,17). The van der Waals surface area contributed by atoms with E-state index in [1.165, 1.54) is 18.2 Å². The zero-order valence-corrected chi connectivity index (χ0v) is 8.41. The Kier molecular flexibility index (Phi) is 2.53. The number of H-pyrrole nitrogens is 1. The van der Waals surface area contributed by atoms with Crippen LogP contribution in [0.2, 0.25) is 0 Å². The van der Waals surface area contributed by atoms with E-state index in [1.54, 1.807) is 0 Å². The molecule has 0 saturated heterocycles. The Morgan fingerprint density at radius 3 is 2.65 bits per heavy atom.